The van der Waals surface area contributed by atoms with Gasteiger partial charge >= 0.3 is 0 Å². The first kappa shape index (κ1) is 22.8. The van der Waals surface area contributed by atoms with Crippen molar-refractivity contribution in [2.24, 2.45) is 0 Å². The molecule has 1 aliphatic heterocycles. The third-order valence-corrected chi connectivity index (χ3v) is 4.98. The van der Waals surface area contributed by atoms with E-state index in [4.69, 9.17) is 5.73 Å². The molecule has 1 fully saturated rings. The Balaban J connectivity index is 0.00000169. The predicted molar refractivity (Wildman–Crippen MR) is 115 cm³/mol. The lowest BCUT2D eigenvalue weighted by Crippen LogP contribution is -2.44. The van der Waals surface area contributed by atoms with Gasteiger partial charge in [-0.1, -0.05) is 40.2 Å². The minimum absolute atomic E-state index is 0. The van der Waals surface area contributed by atoms with Gasteiger partial charge in [0, 0.05) is 35.8 Å². The second kappa shape index (κ2) is 10.8. The SMILES string of the molecule is Cl.Cl.Nc1ccccc1C(=O)NC1CCN(Cc2ccc(Br)cc2)CC1. The smallest absolute Gasteiger partial charge is 0.253 e. The second-order valence-corrected chi connectivity index (χ2v) is 7.15. The highest BCUT2D eigenvalue weighted by Gasteiger charge is 2.21. The van der Waals surface area contributed by atoms with Crippen molar-refractivity contribution in [1.29, 1.82) is 0 Å². The number of anilines is 1. The van der Waals surface area contributed by atoms with Crippen LogP contribution in [0.2, 0.25) is 0 Å². The number of nitrogens with one attached hydrogen (secondary N) is 1. The average Bonchev–Trinajstić information content (AvgIpc) is 2.59. The minimum atomic E-state index is -0.0699. The van der Waals surface area contributed by atoms with Gasteiger partial charge < -0.3 is 11.1 Å². The molecule has 26 heavy (non-hydrogen) atoms. The van der Waals surface area contributed by atoms with Gasteiger partial charge in [-0.05, 0) is 42.7 Å². The van der Waals surface area contributed by atoms with Crippen molar-refractivity contribution >= 4 is 52.3 Å². The lowest BCUT2D eigenvalue weighted by Gasteiger charge is -2.32. The maximum atomic E-state index is 12.3. The molecule has 1 heterocycles. The number of benzene rings is 2. The number of nitrogens with two attached hydrogens (primary N) is 1. The molecule has 0 atom stereocenters. The summed E-state index contributed by atoms with van der Waals surface area (Å²) in [5.74, 6) is -0.0699. The van der Waals surface area contributed by atoms with E-state index in [1.807, 2.05) is 12.1 Å². The van der Waals surface area contributed by atoms with Gasteiger partial charge in [-0.3, -0.25) is 9.69 Å². The summed E-state index contributed by atoms with van der Waals surface area (Å²) in [6.45, 7) is 2.94. The Bertz CT molecular complexity index is 704. The maximum absolute atomic E-state index is 12.3. The zero-order valence-electron chi connectivity index (χ0n) is 14.4. The van der Waals surface area contributed by atoms with Gasteiger partial charge in [0.25, 0.3) is 5.91 Å². The fourth-order valence-electron chi connectivity index (χ4n) is 3.05. The number of para-hydroxylation sites is 1. The number of carbonyl (C=O) groups is 1. The Morgan fingerprint density at radius 3 is 2.31 bits per heavy atom. The highest BCUT2D eigenvalue weighted by molar-refractivity contribution is 9.10. The van der Waals surface area contributed by atoms with Crippen molar-refractivity contribution in [2.75, 3.05) is 18.8 Å². The third kappa shape index (κ3) is 6.16. The number of nitrogens with zero attached hydrogens (tertiary/aromatic N) is 1. The van der Waals surface area contributed by atoms with Crippen LogP contribution in [0, 0.1) is 0 Å². The van der Waals surface area contributed by atoms with Crippen molar-refractivity contribution in [3.05, 3.63) is 64.1 Å². The van der Waals surface area contributed by atoms with Gasteiger partial charge in [0.15, 0.2) is 0 Å². The number of hydrogen-bond donors (Lipinski definition) is 2. The van der Waals surface area contributed by atoms with Crippen molar-refractivity contribution < 1.29 is 4.79 Å². The average molecular weight is 461 g/mol. The fraction of sp³-hybridized carbons (Fsp3) is 0.316. The van der Waals surface area contributed by atoms with E-state index in [0.29, 0.717) is 11.3 Å². The van der Waals surface area contributed by atoms with Crippen molar-refractivity contribution in [3.63, 3.8) is 0 Å². The third-order valence-electron chi connectivity index (χ3n) is 4.45. The Hall–Kier alpha value is -1.27. The lowest BCUT2D eigenvalue weighted by molar-refractivity contribution is 0.0910. The quantitative estimate of drug-likeness (QED) is 0.669. The highest BCUT2D eigenvalue weighted by Crippen LogP contribution is 2.17. The molecule has 1 amide bonds. The second-order valence-electron chi connectivity index (χ2n) is 6.24. The Labute approximate surface area is 175 Å². The molecular weight excluding hydrogens is 437 g/mol. The molecule has 0 aromatic heterocycles. The topological polar surface area (TPSA) is 58.4 Å². The summed E-state index contributed by atoms with van der Waals surface area (Å²) >= 11 is 3.46. The molecule has 2 aromatic carbocycles. The van der Waals surface area contributed by atoms with Crippen LogP contribution in [0.15, 0.2) is 53.0 Å². The molecule has 3 rings (SSSR count). The summed E-state index contributed by atoms with van der Waals surface area (Å²) in [5.41, 5.74) is 8.29. The summed E-state index contributed by atoms with van der Waals surface area (Å²) < 4.78 is 1.10. The van der Waals surface area contributed by atoms with Gasteiger partial charge in [-0.15, -0.1) is 24.8 Å². The summed E-state index contributed by atoms with van der Waals surface area (Å²) in [4.78, 5) is 14.8. The summed E-state index contributed by atoms with van der Waals surface area (Å²) in [5, 5.41) is 3.12. The number of piperidine rings is 1. The summed E-state index contributed by atoms with van der Waals surface area (Å²) in [6, 6.07) is 15.9. The number of carbonyl (C=O) groups excluding carboxylic acids is 1. The summed E-state index contributed by atoms with van der Waals surface area (Å²) in [7, 11) is 0. The van der Waals surface area contributed by atoms with E-state index in [9.17, 15) is 4.79 Å². The van der Waals surface area contributed by atoms with E-state index in [2.05, 4.69) is 50.4 Å². The van der Waals surface area contributed by atoms with Gasteiger partial charge in [-0.25, -0.2) is 0 Å². The van der Waals surface area contributed by atoms with Crippen LogP contribution in [-0.4, -0.2) is 29.9 Å². The molecule has 0 radical (unpaired) electrons. The van der Waals surface area contributed by atoms with E-state index in [1.54, 1.807) is 12.1 Å². The normalized spacial score (nSPS) is 14.8. The minimum Gasteiger partial charge on any atom is -0.398 e. The molecule has 0 unspecified atom stereocenters. The molecule has 2 aromatic rings. The van der Waals surface area contributed by atoms with E-state index in [1.165, 1.54) is 5.56 Å². The largest absolute Gasteiger partial charge is 0.398 e. The standard InChI is InChI=1S/C19H22BrN3O.2ClH/c20-15-7-5-14(6-8-15)13-23-11-9-16(10-12-23)22-19(24)17-3-1-2-4-18(17)21;;/h1-8,16H,9-13,21H2,(H,22,24);2*1H. The predicted octanol–water partition coefficient (Wildman–Crippen LogP) is 4.27. The van der Waals surface area contributed by atoms with E-state index >= 15 is 0 Å². The van der Waals surface area contributed by atoms with Gasteiger partial charge in [-0.2, -0.15) is 0 Å². The maximum Gasteiger partial charge on any atom is 0.253 e. The molecule has 0 saturated carbocycles. The number of halogens is 3. The number of rotatable bonds is 4. The fourth-order valence-corrected chi connectivity index (χ4v) is 3.31. The first-order valence-electron chi connectivity index (χ1n) is 8.24. The Kier molecular flexibility index (Phi) is 9.44. The molecule has 0 bridgehead atoms. The van der Waals surface area contributed by atoms with Gasteiger partial charge in [0.1, 0.15) is 0 Å². The Morgan fingerprint density at radius 2 is 1.69 bits per heavy atom. The number of amides is 1. The Morgan fingerprint density at radius 1 is 1.08 bits per heavy atom. The summed E-state index contributed by atoms with van der Waals surface area (Å²) in [6.07, 6.45) is 1.93. The van der Waals surface area contributed by atoms with Crippen LogP contribution in [0.1, 0.15) is 28.8 Å². The molecule has 142 valence electrons. The monoisotopic (exact) mass is 459 g/mol. The molecule has 0 aliphatic carbocycles. The van der Waals surface area contributed by atoms with E-state index in [-0.39, 0.29) is 36.8 Å². The van der Waals surface area contributed by atoms with E-state index < -0.39 is 0 Å². The highest BCUT2D eigenvalue weighted by atomic mass is 79.9. The number of likely N-dealkylation sites (tertiary alicyclic amines) is 1. The van der Waals surface area contributed by atoms with Crippen LogP contribution in [-0.2, 0) is 6.54 Å². The molecule has 1 saturated heterocycles. The van der Waals surface area contributed by atoms with Crippen molar-refractivity contribution in [2.45, 2.75) is 25.4 Å². The van der Waals surface area contributed by atoms with Crippen LogP contribution in [0.4, 0.5) is 5.69 Å². The van der Waals surface area contributed by atoms with E-state index in [0.717, 1.165) is 36.9 Å². The molecule has 7 heteroatoms. The van der Waals surface area contributed by atoms with Crippen LogP contribution in [0.3, 0.4) is 0 Å². The molecule has 0 spiro atoms. The van der Waals surface area contributed by atoms with Crippen LogP contribution >= 0.6 is 40.7 Å². The van der Waals surface area contributed by atoms with Crippen molar-refractivity contribution in [3.8, 4) is 0 Å². The number of nitrogen functional groups attached to an aromatic ring is 1. The molecule has 1 aliphatic rings. The van der Waals surface area contributed by atoms with Crippen LogP contribution in [0.5, 0.6) is 0 Å². The van der Waals surface area contributed by atoms with Gasteiger partial charge in [0.2, 0.25) is 0 Å². The lowest BCUT2D eigenvalue weighted by atomic mass is 10.0. The van der Waals surface area contributed by atoms with Gasteiger partial charge in [0.05, 0.1) is 5.56 Å². The zero-order chi connectivity index (χ0) is 16.9. The zero-order valence-corrected chi connectivity index (χ0v) is 17.6. The molecular formula is C19H24BrCl2N3O. The number of hydrogen-bond acceptors (Lipinski definition) is 3. The van der Waals surface area contributed by atoms with Crippen LogP contribution in [0.25, 0.3) is 0 Å². The molecule has 3 N–H and O–H groups in total. The first-order valence-corrected chi connectivity index (χ1v) is 9.03. The van der Waals surface area contributed by atoms with Crippen LogP contribution < -0.4 is 11.1 Å². The van der Waals surface area contributed by atoms with Crippen molar-refractivity contribution in [1.82, 2.24) is 10.2 Å². The molecule has 4 nitrogen and oxygen atoms in total. The first-order chi connectivity index (χ1) is 11.6.